The Morgan fingerprint density at radius 2 is 2.08 bits per heavy atom. The zero-order valence-electron chi connectivity index (χ0n) is 13.8. The molecule has 6 heteroatoms. The Balaban J connectivity index is 1.59. The van der Waals surface area contributed by atoms with E-state index in [0.717, 1.165) is 41.8 Å². The van der Waals surface area contributed by atoms with Crippen LogP contribution in [0, 0.1) is 13.8 Å². The second-order valence-electron chi connectivity index (χ2n) is 6.29. The van der Waals surface area contributed by atoms with E-state index in [-0.39, 0.29) is 18.4 Å². The second kappa shape index (κ2) is 5.78. The van der Waals surface area contributed by atoms with Gasteiger partial charge >= 0.3 is 0 Å². The van der Waals surface area contributed by atoms with Crippen LogP contribution < -0.4 is 0 Å². The molecule has 1 fully saturated rings. The number of benzene rings is 1. The van der Waals surface area contributed by atoms with E-state index in [1.165, 1.54) is 0 Å². The van der Waals surface area contributed by atoms with Gasteiger partial charge < -0.3 is 13.9 Å². The average molecular weight is 325 g/mol. The Hall–Kier alpha value is -2.63. The third-order valence-electron chi connectivity index (χ3n) is 4.77. The van der Waals surface area contributed by atoms with E-state index in [9.17, 15) is 4.79 Å². The molecular weight excluding hydrogens is 306 g/mol. The average Bonchev–Trinajstić information content (AvgIpc) is 3.27. The van der Waals surface area contributed by atoms with Crippen molar-refractivity contribution in [2.75, 3.05) is 6.54 Å². The van der Waals surface area contributed by atoms with Crippen LogP contribution in [0.4, 0.5) is 0 Å². The van der Waals surface area contributed by atoms with E-state index >= 15 is 0 Å². The predicted octanol–water partition coefficient (Wildman–Crippen LogP) is 3.34. The zero-order valence-corrected chi connectivity index (χ0v) is 13.8. The monoisotopic (exact) mass is 325 g/mol. The Kier molecular flexibility index (Phi) is 3.59. The lowest BCUT2D eigenvalue weighted by molar-refractivity contribution is -0.131. The van der Waals surface area contributed by atoms with Gasteiger partial charge in [-0.05, 0) is 38.8 Å². The molecule has 4 rings (SSSR count). The number of aromatic nitrogens is 2. The van der Waals surface area contributed by atoms with Gasteiger partial charge in [-0.1, -0.05) is 22.4 Å². The van der Waals surface area contributed by atoms with Gasteiger partial charge in [-0.25, -0.2) is 0 Å². The molecule has 1 aliphatic rings. The lowest BCUT2D eigenvalue weighted by Gasteiger charge is -2.24. The van der Waals surface area contributed by atoms with E-state index in [1.807, 2.05) is 43.0 Å². The van der Waals surface area contributed by atoms with Crippen LogP contribution in [0.1, 0.15) is 41.6 Å². The highest BCUT2D eigenvalue weighted by Gasteiger charge is 2.34. The lowest BCUT2D eigenvalue weighted by atomic mass is 10.0. The maximum absolute atomic E-state index is 12.9. The van der Waals surface area contributed by atoms with Gasteiger partial charge in [0.1, 0.15) is 11.5 Å². The summed E-state index contributed by atoms with van der Waals surface area (Å²) in [5, 5.41) is 9.01. The van der Waals surface area contributed by atoms with Crippen molar-refractivity contribution < 1.29 is 13.8 Å². The molecule has 3 aromatic rings. The quantitative estimate of drug-likeness (QED) is 0.738. The summed E-state index contributed by atoms with van der Waals surface area (Å²) < 4.78 is 10.6. The molecule has 1 amide bonds. The van der Waals surface area contributed by atoms with Gasteiger partial charge in [0.15, 0.2) is 5.58 Å². The second-order valence-corrected chi connectivity index (χ2v) is 6.29. The van der Waals surface area contributed by atoms with Crippen molar-refractivity contribution in [3.63, 3.8) is 0 Å². The highest BCUT2D eigenvalue weighted by atomic mass is 16.5. The Morgan fingerprint density at radius 3 is 2.88 bits per heavy atom. The Morgan fingerprint density at radius 1 is 1.25 bits per heavy atom. The van der Waals surface area contributed by atoms with Gasteiger partial charge in [-0.15, -0.1) is 0 Å². The van der Waals surface area contributed by atoms with E-state index in [1.54, 1.807) is 0 Å². The molecule has 0 saturated carbocycles. The minimum absolute atomic E-state index is 0.0434. The summed E-state index contributed by atoms with van der Waals surface area (Å²) in [6.45, 7) is 4.59. The van der Waals surface area contributed by atoms with E-state index in [2.05, 4.69) is 10.3 Å². The van der Waals surface area contributed by atoms with Crippen molar-refractivity contribution in [2.24, 2.45) is 0 Å². The standard InChI is InChI=1S/C18H19N3O3/c1-11-18(12(2)23-19-11)15-7-5-9-21(15)17(22)10-14-13-6-3-4-8-16(13)24-20-14/h3-4,6,8,15H,5,7,9-10H2,1-2H3/t15-/m1/s1. The van der Waals surface area contributed by atoms with Crippen LogP contribution in [-0.4, -0.2) is 27.7 Å². The van der Waals surface area contributed by atoms with Crippen LogP contribution in [0.2, 0.25) is 0 Å². The van der Waals surface area contributed by atoms with Crippen molar-refractivity contribution in [1.29, 1.82) is 0 Å². The van der Waals surface area contributed by atoms with Crippen molar-refractivity contribution in [1.82, 2.24) is 15.2 Å². The number of likely N-dealkylation sites (tertiary alicyclic amines) is 1. The molecule has 1 aromatic carbocycles. The van der Waals surface area contributed by atoms with E-state index in [0.29, 0.717) is 11.3 Å². The molecule has 0 spiro atoms. The summed E-state index contributed by atoms with van der Waals surface area (Å²) in [5.74, 6) is 0.862. The van der Waals surface area contributed by atoms with Gasteiger partial charge in [-0.2, -0.15) is 0 Å². The van der Waals surface area contributed by atoms with E-state index in [4.69, 9.17) is 9.05 Å². The molecule has 0 aliphatic carbocycles. The first-order chi connectivity index (χ1) is 11.6. The highest BCUT2D eigenvalue weighted by molar-refractivity contribution is 5.86. The fourth-order valence-corrected chi connectivity index (χ4v) is 3.64. The number of fused-ring (bicyclic) bond motifs is 1. The number of carbonyl (C=O) groups excluding carboxylic acids is 1. The molecule has 6 nitrogen and oxygen atoms in total. The summed E-state index contributed by atoms with van der Waals surface area (Å²) in [6.07, 6.45) is 2.17. The third kappa shape index (κ3) is 2.38. The molecule has 0 N–H and O–H groups in total. The molecule has 0 bridgehead atoms. The third-order valence-corrected chi connectivity index (χ3v) is 4.77. The highest BCUT2D eigenvalue weighted by Crippen LogP contribution is 2.36. The van der Waals surface area contributed by atoms with Crippen LogP contribution in [0.25, 0.3) is 11.0 Å². The molecule has 0 unspecified atom stereocenters. The molecular formula is C18H19N3O3. The summed E-state index contributed by atoms with van der Waals surface area (Å²) >= 11 is 0. The minimum atomic E-state index is 0.0434. The molecule has 1 saturated heterocycles. The smallest absolute Gasteiger partial charge is 0.229 e. The van der Waals surface area contributed by atoms with E-state index < -0.39 is 0 Å². The Labute approximate surface area is 139 Å². The van der Waals surface area contributed by atoms with Crippen LogP contribution >= 0.6 is 0 Å². The minimum Gasteiger partial charge on any atom is -0.361 e. The topological polar surface area (TPSA) is 72.4 Å². The van der Waals surface area contributed by atoms with Gasteiger partial charge in [-0.3, -0.25) is 4.79 Å². The fraction of sp³-hybridized carbons (Fsp3) is 0.389. The largest absolute Gasteiger partial charge is 0.361 e. The summed E-state index contributed by atoms with van der Waals surface area (Å²) in [4.78, 5) is 14.8. The SMILES string of the molecule is Cc1noc(C)c1[C@H]1CCCN1C(=O)Cc1noc2ccccc12. The fourth-order valence-electron chi connectivity index (χ4n) is 3.64. The molecule has 1 aliphatic heterocycles. The van der Waals surface area contributed by atoms with Crippen LogP contribution in [0.15, 0.2) is 33.3 Å². The van der Waals surface area contributed by atoms with Gasteiger partial charge in [0.25, 0.3) is 0 Å². The van der Waals surface area contributed by atoms with Crippen molar-refractivity contribution in [2.45, 2.75) is 39.2 Å². The number of hydrogen-bond donors (Lipinski definition) is 0. The van der Waals surface area contributed by atoms with Crippen LogP contribution in [0.3, 0.4) is 0 Å². The van der Waals surface area contributed by atoms with Crippen molar-refractivity contribution in [3.8, 4) is 0 Å². The molecule has 1 atom stereocenters. The predicted molar refractivity (Wildman–Crippen MR) is 87.4 cm³/mol. The van der Waals surface area contributed by atoms with Gasteiger partial charge in [0.05, 0.1) is 18.2 Å². The first-order valence-corrected chi connectivity index (χ1v) is 8.20. The number of aryl methyl sites for hydroxylation is 2. The molecule has 24 heavy (non-hydrogen) atoms. The van der Waals surface area contributed by atoms with Crippen LogP contribution in [0.5, 0.6) is 0 Å². The summed E-state index contributed by atoms with van der Waals surface area (Å²) in [6, 6.07) is 7.66. The normalized spacial score (nSPS) is 17.8. The number of nitrogens with zero attached hydrogens (tertiary/aromatic N) is 3. The number of hydrogen-bond acceptors (Lipinski definition) is 5. The Bertz CT molecular complexity index is 876. The summed E-state index contributed by atoms with van der Waals surface area (Å²) in [5.41, 5.74) is 3.32. The first-order valence-electron chi connectivity index (χ1n) is 8.20. The number of amides is 1. The first kappa shape index (κ1) is 14.9. The number of carbonyl (C=O) groups is 1. The van der Waals surface area contributed by atoms with Gasteiger partial charge in [0, 0.05) is 17.5 Å². The molecule has 2 aromatic heterocycles. The molecule has 124 valence electrons. The zero-order chi connectivity index (χ0) is 16.7. The van der Waals surface area contributed by atoms with Gasteiger partial charge in [0.2, 0.25) is 5.91 Å². The number of rotatable bonds is 3. The molecule has 0 radical (unpaired) electrons. The van der Waals surface area contributed by atoms with Crippen molar-refractivity contribution >= 4 is 16.9 Å². The number of para-hydroxylation sites is 1. The maximum atomic E-state index is 12.9. The van der Waals surface area contributed by atoms with Crippen LogP contribution in [-0.2, 0) is 11.2 Å². The van der Waals surface area contributed by atoms with Crippen molar-refractivity contribution in [3.05, 3.63) is 47.0 Å². The molecule has 3 heterocycles. The lowest BCUT2D eigenvalue weighted by Crippen LogP contribution is -2.32. The summed E-state index contributed by atoms with van der Waals surface area (Å²) in [7, 11) is 0. The maximum Gasteiger partial charge on any atom is 0.229 e.